The molecule has 0 saturated carbocycles. The Morgan fingerprint density at radius 2 is 2.27 bits per heavy atom. The monoisotopic (exact) mass is 214 g/mol. The van der Waals surface area contributed by atoms with Crippen LogP contribution < -0.4 is 0 Å². The van der Waals surface area contributed by atoms with Gasteiger partial charge in [-0.1, -0.05) is 22.0 Å². The second-order valence-corrected chi connectivity index (χ2v) is 2.71. The first-order valence-corrected chi connectivity index (χ1v) is 4.23. The number of hydrogen-bond donors (Lipinski definition) is 1. The van der Waals surface area contributed by atoms with Gasteiger partial charge in [0.25, 0.3) is 0 Å². The normalized spacial score (nSPS) is 9.55. The summed E-state index contributed by atoms with van der Waals surface area (Å²) in [6.45, 7) is 0. The van der Waals surface area contributed by atoms with Gasteiger partial charge in [0.05, 0.1) is 5.56 Å². The van der Waals surface area contributed by atoms with E-state index < -0.39 is 0 Å². The molecule has 0 aliphatic carbocycles. The van der Waals surface area contributed by atoms with E-state index in [2.05, 4.69) is 15.9 Å². The van der Waals surface area contributed by atoms with E-state index in [1.165, 1.54) is 6.07 Å². The third-order valence-corrected chi connectivity index (χ3v) is 2.02. The van der Waals surface area contributed by atoms with Crippen LogP contribution >= 0.6 is 15.9 Å². The number of alkyl halides is 1. The van der Waals surface area contributed by atoms with Gasteiger partial charge >= 0.3 is 0 Å². The number of rotatable bonds is 2. The molecule has 1 N–H and O–H groups in total. The summed E-state index contributed by atoms with van der Waals surface area (Å²) in [5.74, 6) is 0.0321. The maximum Gasteiger partial charge on any atom is 0.153 e. The van der Waals surface area contributed by atoms with Gasteiger partial charge in [0.2, 0.25) is 0 Å². The smallest absolute Gasteiger partial charge is 0.153 e. The van der Waals surface area contributed by atoms with Gasteiger partial charge in [0.1, 0.15) is 5.75 Å². The number of hydrogen-bond acceptors (Lipinski definition) is 2. The summed E-state index contributed by atoms with van der Waals surface area (Å²) in [4.78, 5) is 10.3. The predicted molar refractivity (Wildman–Crippen MR) is 46.1 cm³/mol. The number of carbonyl (C=O) groups excluding carboxylic acids is 1. The molecule has 1 rings (SSSR count). The highest BCUT2D eigenvalue weighted by Gasteiger charge is 1.99. The standard InChI is InChI=1S/C8H7BrO2/c9-4-6-1-2-8(11)7(3-6)5-10/h1-3,5,11H,4H2. The Labute approximate surface area is 73.0 Å². The topological polar surface area (TPSA) is 37.3 Å². The minimum atomic E-state index is 0.0321. The Bertz CT molecular complexity index is 271. The summed E-state index contributed by atoms with van der Waals surface area (Å²) >= 11 is 3.25. The highest BCUT2D eigenvalue weighted by molar-refractivity contribution is 9.08. The highest BCUT2D eigenvalue weighted by atomic mass is 79.9. The third-order valence-electron chi connectivity index (χ3n) is 1.37. The van der Waals surface area contributed by atoms with Crippen LogP contribution in [0, 0.1) is 0 Å². The van der Waals surface area contributed by atoms with Crippen molar-refractivity contribution in [3.63, 3.8) is 0 Å². The average molecular weight is 215 g/mol. The molecule has 0 heterocycles. The van der Waals surface area contributed by atoms with Crippen LogP contribution in [0.3, 0.4) is 0 Å². The maximum atomic E-state index is 10.3. The minimum absolute atomic E-state index is 0.0321. The van der Waals surface area contributed by atoms with E-state index in [9.17, 15) is 4.79 Å². The number of aldehydes is 1. The van der Waals surface area contributed by atoms with Crippen LogP contribution in [0.1, 0.15) is 15.9 Å². The van der Waals surface area contributed by atoms with E-state index >= 15 is 0 Å². The van der Waals surface area contributed by atoms with Gasteiger partial charge < -0.3 is 5.11 Å². The van der Waals surface area contributed by atoms with Crippen LogP contribution in [0.5, 0.6) is 5.75 Å². The van der Waals surface area contributed by atoms with Gasteiger partial charge in [-0.05, 0) is 17.7 Å². The Morgan fingerprint density at radius 1 is 1.55 bits per heavy atom. The van der Waals surface area contributed by atoms with Gasteiger partial charge in [-0.2, -0.15) is 0 Å². The summed E-state index contributed by atoms with van der Waals surface area (Å²) in [7, 11) is 0. The lowest BCUT2D eigenvalue weighted by Crippen LogP contribution is -1.84. The van der Waals surface area contributed by atoms with Crippen LogP contribution in [0.15, 0.2) is 18.2 Å². The van der Waals surface area contributed by atoms with Crippen LogP contribution in [-0.4, -0.2) is 11.4 Å². The molecule has 0 fully saturated rings. The number of benzene rings is 1. The van der Waals surface area contributed by atoms with Crippen LogP contribution in [0.25, 0.3) is 0 Å². The highest BCUT2D eigenvalue weighted by Crippen LogP contribution is 2.17. The summed E-state index contributed by atoms with van der Waals surface area (Å²) in [5, 5.41) is 9.77. The first-order valence-electron chi connectivity index (χ1n) is 3.11. The molecule has 0 spiro atoms. The number of phenols is 1. The zero-order valence-corrected chi connectivity index (χ0v) is 7.34. The van der Waals surface area contributed by atoms with Gasteiger partial charge in [-0.3, -0.25) is 4.79 Å². The molecule has 2 nitrogen and oxygen atoms in total. The van der Waals surface area contributed by atoms with Crippen molar-refractivity contribution in [3.05, 3.63) is 29.3 Å². The van der Waals surface area contributed by atoms with E-state index in [1.807, 2.05) is 0 Å². The zero-order chi connectivity index (χ0) is 8.27. The fraction of sp³-hybridized carbons (Fsp3) is 0.125. The lowest BCUT2D eigenvalue weighted by Gasteiger charge is -1.98. The van der Waals surface area contributed by atoms with E-state index in [0.717, 1.165) is 5.56 Å². The molecule has 1 aromatic carbocycles. The Kier molecular flexibility index (Phi) is 2.65. The van der Waals surface area contributed by atoms with E-state index in [-0.39, 0.29) is 5.75 Å². The van der Waals surface area contributed by atoms with Crippen molar-refractivity contribution in [1.82, 2.24) is 0 Å². The summed E-state index contributed by atoms with van der Waals surface area (Å²) in [6.07, 6.45) is 0.640. The number of carbonyl (C=O) groups is 1. The fourth-order valence-corrected chi connectivity index (χ4v) is 1.13. The minimum Gasteiger partial charge on any atom is -0.507 e. The van der Waals surface area contributed by atoms with Crippen molar-refractivity contribution in [2.45, 2.75) is 5.33 Å². The molecular weight excluding hydrogens is 208 g/mol. The molecule has 58 valence electrons. The van der Waals surface area contributed by atoms with E-state index in [1.54, 1.807) is 12.1 Å². The van der Waals surface area contributed by atoms with Crippen molar-refractivity contribution >= 4 is 22.2 Å². The quantitative estimate of drug-likeness (QED) is 0.605. The van der Waals surface area contributed by atoms with Crippen molar-refractivity contribution < 1.29 is 9.90 Å². The summed E-state index contributed by atoms with van der Waals surface area (Å²) in [5.41, 5.74) is 1.31. The molecule has 0 atom stereocenters. The predicted octanol–water partition coefficient (Wildman–Crippen LogP) is 2.10. The lowest BCUT2D eigenvalue weighted by molar-refractivity contribution is 0.112. The third kappa shape index (κ3) is 1.80. The molecule has 0 aliphatic heterocycles. The SMILES string of the molecule is O=Cc1cc(CBr)ccc1O. The Balaban J connectivity index is 3.12. The molecule has 11 heavy (non-hydrogen) atoms. The number of halogens is 1. The first-order chi connectivity index (χ1) is 5.27. The van der Waals surface area contributed by atoms with Gasteiger partial charge in [0.15, 0.2) is 6.29 Å². The largest absolute Gasteiger partial charge is 0.507 e. The maximum absolute atomic E-state index is 10.3. The fourth-order valence-electron chi connectivity index (χ4n) is 0.782. The van der Waals surface area contributed by atoms with Crippen molar-refractivity contribution in [2.24, 2.45) is 0 Å². The van der Waals surface area contributed by atoms with Crippen molar-refractivity contribution in [1.29, 1.82) is 0 Å². The van der Waals surface area contributed by atoms with Crippen LogP contribution in [0.4, 0.5) is 0 Å². The first kappa shape index (κ1) is 8.27. The summed E-state index contributed by atoms with van der Waals surface area (Å²) in [6, 6.07) is 4.93. The Morgan fingerprint density at radius 3 is 2.82 bits per heavy atom. The van der Waals surface area contributed by atoms with Gasteiger partial charge in [0, 0.05) is 5.33 Å². The molecular formula is C8H7BrO2. The second-order valence-electron chi connectivity index (χ2n) is 2.14. The molecule has 0 saturated heterocycles. The van der Waals surface area contributed by atoms with Crippen LogP contribution in [-0.2, 0) is 5.33 Å². The molecule has 1 aromatic rings. The van der Waals surface area contributed by atoms with E-state index in [4.69, 9.17) is 5.11 Å². The molecule has 0 aliphatic rings. The molecule has 0 amide bonds. The zero-order valence-electron chi connectivity index (χ0n) is 5.75. The second kappa shape index (κ2) is 3.53. The van der Waals surface area contributed by atoms with Gasteiger partial charge in [-0.25, -0.2) is 0 Å². The average Bonchev–Trinajstić information content (AvgIpc) is 2.05. The molecule has 0 aromatic heterocycles. The number of aromatic hydroxyl groups is 1. The Hall–Kier alpha value is -0.830. The summed E-state index contributed by atoms with van der Waals surface area (Å²) < 4.78 is 0. The molecule has 0 radical (unpaired) electrons. The van der Waals surface area contributed by atoms with Crippen molar-refractivity contribution in [3.8, 4) is 5.75 Å². The van der Waals surface area contributed by atoms with Gasteiger partial charge in [-0.15, -0.1) is 0 Å². The van der Waals surface area contributed by atoms with Crippen LogP contribution in [0.2, 0.25) is 0 Å². The van der Waals surface area contributed by atoms with Crippen molar-refractivity contribution in [2.75, 3.05) is 0 Å². The molecule has 0 unspecified atom stereocenters. The lowest BCUT2D eigenvalue weighted by atomic mass is 10.1. The number of phenolic OH excluding ortho intramolecular Hbond substituents is 1. The van der Waals surface area contributed by atoms with E-state index in [0.29, 0.717) is 17.2 Å². The molecule has 3 heteroatoms. The molecule has 0 bridgehead atoms.